The summed E-state index contributed by atoms with van der Waals surface area (Å²) in [6.45, 7) is 7.48. The minimum absolute atomic E-state index is 0.735. The quantitative estimate of drug-likeness (QED) is 0.884. The SMILES string of the molecule is CCOc1cccc(N2CC3CNCC(C3)C2)c1. The molecule has 2 atom stereocenters. The van der Waals surface area contributed by atoms with E-state index in [1.807, 2.05) is 13.0 Å². The third-order valence-corrected chi connectivity index (χ3v) is 3.98. The largest absolute Gasteiger partial charge is 0.494 e. The highest BCUT2D eigenvalue weighted by Crippen LogP contribution is 2.30. The second-order valence-corrected chi connectivity index (χ2v) is 5.46. The molecule has 98 valence electrons. The van der Waals surface area contributed by atoms with Crippen molar-refractivity contribution in [1.29, 1.82) is 0 Å². The molecule has 0 amide bonds. The standard InChI is InChI=1S/C15H22N2O/c1-2-18-15-5-3-4-14(7-15)17-10-12-6-13(11-17)9-16-8-12/h3-5,7,12-13,16H,2,6,8-11H2,1H3. The van der Waals surface area contributed by atoms with E-state index in [0.717, 1.165) is 24.2 Å². The minimum Gasteiger partial charge on any atom is -0.494 e. The number of nitrogens with one attached hydrogen (secondary N) is 1. The van der Waals surface area contributed by atoms with Gasteiger partial charge in [-0.25, -0.2) is 0 Å². The zero-order valence-corrected chi connectivity index (χ0v) is 11.1. The van der Waals surface area contributed by atoms with Gasteiger partial charge in [0.05, 0.1) is 6.61 Å². The summed E-state index contributed by atoms with van der Waals surface area (Å²) in [4.78, 5) is 2.53. The smallest absolute Gasteiger partial charge is 0.121 e. The molecular weight excluding hydrogens is 224 g/mol. The van der Waals surface area contributed by atoms with Gasteiger partial charge >= 0.3 is 0 Å². The molecule has 18 heavy (non-hydrogen) atoms. The summed E-state index contributed by atoms with van der Waals surface area (Å²) in [5.74, 6) is 2.62. The maximum atomic E-state index is 5.59. The number of ether oxygens (including phenoxy) is 1. The maximum absolute atomic E-state index is 5.59. The second kappa shape index (κ2) is 5.19. The van der Waals surface area contributed by atoms with Crippen LogP contribution < -0.4 is 15.0 Å². The van der Waals surface area contributed by atoms with Crippen molar-refractivity contribution in [2.24, 2.45) is 11.8 Å². The Morgan fingerprint density at radius 3 is 2.78 bits per heavy atom. The van der Waals surface area contributed by atoms with Crippen molar-refractivity contribution in [2.75, 3.05) is 37.7 Å². The van der Waals surface area contributed by atoms with E-state index in [4.69, 9.17) is 4.74 Å². The summed E-state index contributed by atoms with van der Waals surface area (Å²) in [7, 11) is 0. The van der Waals surface area contributed by atoms with E-state index in [9.17, 15) is 0 Å². The first-order valence-electron chi connectivity index (χ1n) is 7.03. The van der Waals surface area contributed by atoms with Crippen LogP contribution in [0, 0.1) is 11.8 Å². The lowest BCUT2D eigenvalue weighted by molar-refractivity contribution is 0.249. The summed E-state index contributed by atoms with van der Waals surface area (Å²) < 4.78 is 5.59. The van der Waals surface area contributed by atoms with Gasteiger partial charge in [-0.3, -0.25) is 0 Å². The van der Waals surface area contributed by atoms with Crippen LogP contribution in [0.1, 0.15) is 13.3 Å². The minimum atomic E-state index is 0.735. The van der Waals surface area contributed by atoms with Gasteiger partial charge in [0, 0.05) is 24.8 Å². The topological polar surface area (TPSA) is 24.5 Å². The fourth-order valence-electron chi connectivity index (χ4n) is 3.25. The summed E-state index contributed by atoms with van der Waals surface area (Å²) in [6.07, 6.45) is 1.40. The maximum Gasteiger partial charge on any atom is 0.121 e. The zero-order chi connectivity index (χ0) is 12.4. The lowest BCUT2D eigenvalue weighted by Crippen LogP contribution is -2.51. The van der Waals surface area contributed by atoms with Crippen molar-refractivity contribution in [3.8, 4) is 5.75 Å². The van der Waals surface area contributed by atoms with Crippen molar-refractivity contribution in [2.45, 2.75) is 13.3 Å². The molecule has 0 radical (unpaired) electrons. The Morgan fingerprint density at radius 1 is 1.28 bits per heavy atom. The molecule has 1 N–H and O–H groups in total. The van der Waals surface area contributed by atoms with Crippen LogP contribution in [0.25, 0.3) is 0 Å². The number of hydrogen-bond donors (Lipinski definition) is 1. The molecule has 1 aromatic carbocycles. The third kappa shape index (κ3) is 2.46. The molecule has 0 aliphatic carbocycles. The number of nitrogens with zero attached hydrogens (tertiary/aromatic N) is 1. The van der Waals surface area contributed by atoms with Gasteiger partial charge in [0.25, 0.3) is 0 Å². The summed E-state index contributed by atoms with van der Waals surface area (Å²) in [5, 5.41) is 3.54. The number of benzene rings is 1. The van der Waals surface area contributed by atoms with Gasteiger partial charge in [-0.15, -0.1) is 0 Å². The highest BCUT2D eigenvalue weighted by Gasteiger charge is 2.30. The highest BCUT2D eigenvalue weighted by atomic mass is 16.5. The molecule has 2 fully saturated rings. The molecule has 2 heterocycles. The average molecular weight is 246 g/mol. The van der Waals surface area contributed by atoms with Crippen LogP contribution in [0.15, 0.2) is 24.3 Å². The summed E-state index contributed by atoms with van der Waals surface area (Å²) in [6, 6.07) is 8.53. The van der Waals surface area contributed by atoms with Gasteiger partial charge in [-0.2, -0.15) is 0 Å². The molecule has 3 rings (SSSR count). The lowest BCUT2D eigenvalue weighted by Gasteiger charge is -2.42. The van der Waals surface area contributed by atoms with Gasteiger partial charge < -0.3 is 15.0 Å². The molecule has 3 heteroatoms. The van der Waals surface area contributed by atoms with Gasteiger partial charge in [-0.05, 0) is 50.4 Å². The first-order chi connectivity index (χ1) is 8.85. The number of rotatable bonds is 3. The fourth-order valence-corrected chi connectivity index (χ4v) is 3.25. The Bertz CT molecular complexity index is 395. The van der Waals surface area contributed by atoms with Crippen LogP contribution in [0.5, 0.6) is 5.75 Å². The molecule has 0 saturated carbocycles. The van der Waals surface area contributed by atoms with E-state index in [0.29, 0.717) is 0 Å². The van der Waals surface area contributed by atoms with E-state index in [-0.39, 0.29) is 0 Å². The van der Waals surface area contributed by atoms with E-state index in [2.05, 4.69) is 28.4 Å². The highest BCUT2D eigenvalue weighted by molar-refractivity contribution is 5.51. The van der Waals surface area contributed by atoms with E-state index in [1.54, 1.807) is 0 Å². The Balaban J connectivity index is 1.75. The normalized spacial score (nSPS) is 27.1. The number of piperidine rings is 2. The third-order valence-electron chi connectivity index (χ3n) is 3.98. The zero-order valence-electron chi connectivity index (χ0n) is 11.1. The molecule has 1 aromatic rings. The van der Waals surface area contributed by atoms with Gasteiger partial charge in [0.2, 0.25) is 0 Å². The van der Waals surface area contributed by atoms with Crippen LogP contribution in [0.4, 0.5) is 5.69 Å². The van der Waals surface area contributed by atoms with Crippen LogP contribution in [-0.2, 0) is 0 Å². The van der Waals surface area contributed by atoms with Crippen LogP contribution in [-0.4, -0.2) is 32.8 Å². The Labute approximate surface area is 109 Å². The molecule has 2 aliphatic heterocycles. The Hall–Kier alpha value is -1.22. The van der Waals surface area contributed by atoms with Crippen molar-refractivity contribution in [3.05, 3.63) is 24.3 Å². The molecular formula is C15H22N2O. The van der Waals surface area contributed by atoms with E-state index >= 15 is 0 Å². The molecule has 0 aromatic heterocycles. The number of hydrogen-bond acceptors (Lipinski definition) is 3. The van der Waals surface area contributed by atoms with Crippen LogP contribution in [0.2, 0.25) is 0 Å². The van der Waals surface area contributed by atoms with Gasteiger partial charge in [0.1, 0.15) is 5.75 Å². The van der Waals surface area contributed by atoms with E-state index in [1.165, 1.54) is 38.3 Å². The molecule has 2 saturated heterocycles. The predicted octanol–water partition coefficient (Wildman–Crippen LogP) is 2.13. The summed E-state index contributed by atoms with van der Waals surface area (Å²) >= 11 is 0. The van der Waals surface area contributed by atoms with Gasteiger partial charge in [-0.1, -0.05) is 6.07 Å². The van der Waals surface area contributed by atoms with Crippen molar-refractivity contribution < 1.29 is 4.74 Å². The predicted molar refractivity (Wildman–Crippen MR) is 74.3 cm³/mol. The molecule has 2 aliphatic rings. The van der Waals surface area contributed by atoms with Crippen molar-refractivity contribution >= 4 is 5.69 Å². The number of fused-ring (bicyclic) bond motifs is 2. The van der Waals surface area contributed by atoms with Crippen molar-refractivity contribution in [1.82, 2.24) is 5.32 Å². The second-order valence-electron chi connectivity index (χ2n) is 5.46. The van der Waals surface area contributed by atoms with Crippen LogP contribution >= 0.6 is 0 Å². The first kappa shape index (κ1) is 11.8. The van der Waals surface area contributed by atoms with E-state index < -0.39 is 0 Å². The fraction of sp³-hybridized carbons (Fsp3) is 0.600. The molecule has 2 unspecified atom stereocenters. The molecule has 2 bridgehead atoms. The van der Waals surface area contributed by atoms with Crippen molar-refractivity contribution in [3.63, 3.8) is 0 Å². The number of anilines is 1. The van der Waals surface area contributed by atoms with Crippen LogP contribution in [0.3, 0.4) is 0 Å². The lowest BCUT2D eigenvalue weighted by atomic mass is 9.85. The molecule has 0 spiro atoms. The summed E-state index contributed by atoms with van der Waals surface area (Å²) in [5.41, 5.74) is 1.32. The average Bonchev–Trinajstić information content (AvgIpc) is 2.39. The van der Waals surface area contributed by atoms with Gasteiger partial charge in [0.15, 0.2) is 0 Å². The first-order valence-corrected chi connectivity index (χ1v) is 7.03. The Morgan fingerprint density at radius 2 is 2.06 bits per heavy atom. The molecule has 3 nitrogen and oxygen atoms in total. The monoisotopic (exact) mass is 246 g/mol. The Kier molecular flexibility index (Phi) is 3.41.